The normalized spacial score (nSPS) is 12.6. The summed E-state index contributed by atoms with van der Waals surface area (Å²) in [6.07, 6.45) is 0. The summed E-state index contributed by atoms with van der Waals surface area (Å²) in [6, 6.07) is 18.2. The molecule has 0 amide bonds. The van der Waals surface area contributed by atoms with Crippen LogP contribution in [0.15, 0.2) is 53.4 Å². The Balaban J connectivity index is 2.00. The van der Waals surface area contributed by atoms with Crippen LogP contribution in [0.5, 0.6) is 0 Å². The predicted octanol–water partition coefficient (Wildman–Crippen LogP) is 5.17. The molecule has 0 heterocycles. The lowest BCUT2D eigenvalue weighted by atomic mass is 10.00. The van der Waals surface area contributed by atoms with Crippen molar-refractivity contribution in [2.24, 2.45) is 0 Å². The van der Waals surface area contributed by atoms with Crippen molar-refractivity contribution in [2.45, 2.75) is 37.6 Å². The van der Waals surface area contributed by atoms with Crippen molar-refractivity contribution in [1.29, 1.82) is 0 Å². The third-order valence-electron chi connectivity index (χ3n) is 3.79. The first-order valence-corrected chi connectivity index (χ1v) is 8.55. The summed E-state index contributed by atoms with van der Waals surface area (Å²) >= 11 is 1.90. The van der Waals surface area contributed by atoms with Gasteiger partial charge in [0.2, 0.25) is 0 Å². The highest BCUT2D eigenvalue weighted by Gasteiger charge is 2.10. The molecule has 2 rings (SSSR count). The van der Waals surface area contributed by atoms with E-state index in [0.29, 0.717) is 12.0 Å². The summed E-state index contributed by atoms with van der Waals surface area (Å²) < 4.78 is 0. The molecule has 0 aliphatic rings. The molecule has 1 unspecified atom stereocenters. The van der Waals surface area contributed by atoms with Gasteiger partial charge >= 0.3 is 0 Å². The first kappa shape index (κ1) is 16.1. The maximum absolute atomic E-state index is 3.43. The fraction of sp³-hybridized carbons (Fsp3) is 0.368. The van der Waals surface area contributed by atoms with Crippen molar-refractivity contribution < 1.29 is 0 Å². The van der Waals surface area contributed by atoms with E-state index in [1.807, 2.05) is 18.8 Å². The summed E-state index contributed by atoms with van der Waals surface area (Å²) in [4.78, 5) is 1.33. The molecule has 0 spiro atoms. The fourth-order valence-electron chi connectivity index (χ4n) is 2.27. The Morgan fingerprint density at radius 2 is 1.48 bits per heavy atom. The Morgan fingerprint density at radius 1 is 0.905 bits per heavy atom. The SMILES string of the molecule is CNC(CSc1ccc(C)cc1)c1ccc(C(C)C)cc1. The molecule has 2 aromatic rings. The summed E-state index contributed by atoms with van der Waals surface area (Å²) in [6.45, 7) is 6.59. The summed E-state index contributed by atoms with van der Waals surface area (Å²) in [5, 5.41) is 3.43. The van der Waals surface area contributed by atoms with Crippen molar-refractivity contribution in [3.05, 3.63) is 65.2 Å². The number of thioether (sulfide) groups is 1. The van der Waals surface area contributed by atoms with E-state index >= 15 is 0 Å². The van der Waals surface area contributed by atoms with Gasteiger partial charge in [0.05, 0.1) is 0 Å². The van der Waals surface area contributed by atoms with Crippen LogP contribution < -0.4 is 5.32 Å². The minimum Gasteiger partial charge on any atom is -0.312 e. The molecule has 1 N–H and O–H groups in total. The van der Waals surface area contributed by atoms with Crippen molar-refractivity contribution >= 4 is 11.8 Å². The van der Waals surface area contributed by atoms with Gasteiger partial charge in [-0.3, -0.25) is 0 Å². The van der Waals surface area contributed by atoms with E-state index in [1.54, 1.807) is 0 Å². The first-order chi connectivity index (χ1) is 10.1. The molecule has 2 heteroatoms. The Morgan fingerprint density at radius 3 is 2.00 bits per heavy atom. The maximum Gasteiger partial charge on any atom is 0.0412 e. The molecule has 0 fully saturated rings. The van der Waals surface area contributed by atoms with Gasteiger partial charge in [-0.15, -0.1) is 11.8 Å². The zero-order valence-electron chi connectivity index (χ0n) is 13.4. The molecule has 112 valence electrons. The molecular weight excluding hydrogens is 274 g/mol. The van der Waals surface area contributed by atoms with Gasteiger partial charge in [-0.25, -0.2) is 0 Å². The van der Waals surface area contributed by atoms with E-state index in [4.69, 9.17) is 0 Å². The Kier molecular flexibility index (Phi) is 5.89. The standard InChI is InChI=1S/C19H25NS/c1-14(2)16-7-9-17(10-8-16)19(20-4)13-21-18-11-5-15(3)6-12-18/h5-12,14,19-20H,13H2,1-4H3. The van der Waals surface area contributed by atoms with E-state index in [2.05, 4.69) is 74.6 Å². The van der Waals surface area contributed by atoms with Crippen molar-refractivity contribution in [2.75, 3.05) is 12.8 Å². The zero-order chi connectivity index (χ0) is 15.2. The van der Waals surface area contributed by atoms with Gasteiger partial charge in [-0.2, -0.15) is 0 Å². The van der Waals surface area contributed by atoms with Crippen molar-refractivity contribution in [3.63, 3.8) is 0 Å². The van der Waals surface area contributed by atoms with Crippen LogP contribution in [-0.2, 0) is 0 Å². The lowest BCUT2D eigenvalue weighted by molar-refractivity contribution is 0.661. The Labute approximate surface area is 133 Å². The van der Waals surface area contributed by atoms with Crippen LogP contribution in [-0.4, -0.2) is 12.8 Å². The van der Waals surface area contributed by atoms with Gasteiger partial charge in [0, 0.05) is 16.7 Å². The van der Waals surface area contributed by atoms with Crippen LogP contribution in [0.1, 0.15) is 42.5 Å². The van der Waals surface area contributed by atoms with E-state index < -0.39 is 0 Å². The Bertz CT molecular complexity index is 543. The predicted molar refractivity (Wildman–Crippen MR) is 94.2 cm³/mol. The molecule has 1 nitrogen and oxygen atoms in total. The maximum atomic E-state index is 3.43. The molecule has 21 heavy (non-hydrogen) atoms. The molecule has 0 radical (unpaired) electrons. The topological polar surface area (TPSA) is 12.0 Å². The molecule has 1 atom stereocenters. The number of hydrogen-bond acceptors (Lipinski definition) is 2. The summed E-state index contributed by atoms with van der Waals surface area (Å²) in [7, 11) is 2.04. The molecule has 0 aromatic heterocycles. The smallest absolute Gasteiger partial charge is 0.0412 e. The van der Waals surface area contributed by atoms with E-state index in [-0.39, 0.29) is 0 Å². The van der Waals surface area contributed by atoms with Crippen LogP contribution >= 0.6 is 11.8 Å². The van der Waals surface area contributed by atoms with Gasteiger partial charge in [-0.1, -0.05) is 55.8 Å². The molecule has 0 saturated carbocycles. The molecule has 0 aliphatic heterocycles. The van der Waals surface area contributed by atoms with Gasteiger partial charge < -0.3 is 5.32 Å². The number of rotatable bonds is 6. The largest absolute Gasteiger partial charge is 0.312 e. The van der Waals surface area contributed by atoms with Gasteiger partial charge in [0.1, 0.15) is 0 Å². The average molecular weight is 299 g/mol. The van der Waals surface area contributed by atoms with Crippen molar-refractivity contribution in [3.8, 4) is 0 Å². The van der Waals surface area contributed by atoms with Gasteiger partial charge in [0.25, 0.3) is 0 Å². The molecule has 0 saturated heterocycles. The lowest BCUT2D eigenvalue weighted by Crippen LogP contribution is -2.18. The highest BCUT2D eigenvalue weighted by atomic mass is 32.2. The van der Waals surface area contributed by atoms with Gasteiger partial charge in [-0.05, 0) is 43.1 Å². The first-order valence-electron chi connectivity index (χ1n) is 7.56. The summed E-state index contributed by atoms with van der Waals surface area (Å²) in [5.74, 6) is 1.63. The molecular formula is C19H25NS. The van der Waals surface area contributed by atoms with Gasteiger partial charge in [0.15, 0.2) is 0 Å². The van der Waals surface area contributed by atoms with Crippen LogP contribution in [0.2, 0.25) is 0 Å². The summed E-state index contributed by atoms with van der Waals surface area (Å²) in [5.41, 5.74) is 4.08. The average Bonchev–Trinajstić information content (AvgIpc) is 2.50. The van der Waals surface area contributed by atoms with E-state index in [9.17, 15) is 0 Å². The van der Waals surface area contributed by atoms with E-state index in [0.717, 1.165) is 5.75 Å². The number of nitrogens with one attached hydrogen (secondary N) is 1. The number of hydrogen-bond donors (Lipinski definition) is 1. The molecule has 0 bridgehead atoms. The quantitative estimate of drug-likeness (QED) is 0.738. The van der Waals surface area contributed by atoms with E-state index in [1.165, 1.54) is 21.6 Å². The number of aryl methyl sites for hydroxylation is 1. The highest BCUT2D eigenvalue weighted by molar-refractivity contribution is 7.99. The second-order valence-corrected chi connectivity index (χ2v) is 6.88. The molecule has 2 aromatic carbocycles. The number of benzene rings is 2. The Hall–Kier alpha value is -1.25. The van der Waals surface area contributed by atoms with Crippen molar-refractivity contribution in [1.82, 2.24) is 5.32 Å². The minimum atomic E-state index is 0.387. The van der Waals surface area contributed by atoms with Crippen LogP contribution in [0.4, 0.5) is 0 Å². The lowest BCUT2D eigenvalue weighted by Gasteiger charge is -2.17. The second-order valence-electron chi connectivity index (χ2n) is 5.79. The third kappa shape index (κ3) is 4.62. The third-order valence-corrected chi connectivity index (χ3v) is 4.90. The highest BCUT2D eigenvalue weighted by Crippen LogP contribution is 2.26. The zero-order valence-corrected chi connectivity index (χ0v) is 14.2. The monoisotopic (exact) mass is 299 g/mol. The second kappa shape index (κ2) is 7.67. The van der Waals surface area contributed by atoms with Crippen LogP contribution in [0.3, 0.4) is 0 Å². The van der Waals surface area contributed by atoms with Crippen LogP contribution in [0.25, 0.3) is 0 Å². The van der Waals surface area contributed by atoms with Crippen LogP contribution in [0, 0.1) is 6.92 Å². The minimum absolute atomic E-state index is 0.387. The fourth-order valence-corrected chi connectivity index (χ4v) is 3.32. The molecule has 0 aliphatic carbocycles.